The molecule has 1 heterocycles. The molecule has 2 aliphatic carbocycles. The van der Waals surface area contributed by atoms with Gasteiger partial charge in [0.15, 0.2) is 0 Å². The van der Waals surface area contributed by atoms with Gasteiger partial charge in [-0.15, -0.1) is 0 Å². The van der Waals surface area contributed by atoms with Crippen LogP contribution in [0.15, 0.2) is 34.8 Å². The van der Waals surface area contributed by atoms with E-state index in [9.17, 15) is 4.79 Å². The number of rotatable bonds is 7. The molecule has 30 heavy (non-hydrogen) atoms. The van der Waals surface area contributed by atoms with E-state index in [1.54, 1.807) is 7.11 Å². The summed E-state index contributed by atoms with van der Waals surface area (Å²) in [7, 11) is 3.13. The van der Waals surface area contributed by atoms with Crippen molar-refractivity contribution in [3.05, 3.63) is 45.4 Å². The third-order valence-corrected chi connectivity index (χ3v) is 8.07. The van der Waals surface area contributed by atoms with Crippen molar-refractivity contribution < 1.29 is 14.3 Å². The maximum absolute atomic E-state index is 12.2. The summed E-state index contributed by atoms with van der Waals surface area (Å²) in [6.45, 7) is 1.55. The van der Waals surface area contributed by atoms with Gasteiger partial charge in [-0.1, -0.05) is 29.8 Å². The number of nitrogens with zero attached hydrogens (tertiary/aromatic N) is 1. The van der Waals surface area contributed by atoms with E-state index in [1.807, 2.05) is 30.3 Å². The number of nitrogens with one attached hydrogen (secondary N) is 1. The van der Waals surface area contributed by atoms with Crippen molar-refractivity contribution in [2.75, 3.05) is 20.8 Å². The molecule has 0 atom stereocenters. The van der Waals surface area contributed by atoms with Crippen LogP contribution in [0.1, 0.15) is 37.7 Å². The number of pyridine rings is 1. The van der Waals surface area contributed by atoms with E-state index >= 15 is 0 Å². The lowest BCUT2D eigenvalue weighted by Gasteiger charge is -2.27. The monoisotopic (exact) mass is 492 g/mol. The number of fused-ring (bicyclic) bond motifs is 2. The number of carbonyl (C=O) groups is 1. The van der Waals surface area contributed by atoms with Crippen LogP contribution in [0, 0.1) is 10.8 Å². The molecule has 2 saturated carbocycles. The zero-order valence-electron chi connectivity index (χ0n) is 17.3. The second-order valence-electron chi connectivity index (χ2n) is 8.52. The normalized spacial score (nSPS) is 24.8. The van der Waals surface area contributed by atoms with Crippen LogP contribution >= 0.6 is 27.5 Å². The number of hydrogen-bond acceptors (Lipinski definition) is 5. The second-order valence-corrected chi connectivity index (χ2v) is 9.75. The third-order valence-electron chi connectivity index (χ3n) is 6.77. The van der Waals surface area contributed by atoms with E-state index in [1.165, 1.54) is 7.11 Å². The van der Waals surface area contributed by atoms with Crippen LogP contribution in [0.25, 0.3) is 11.3 Å². The number of methoxy groups -OCH3 is 2. The van der Waals surface area contributed by atoms with E-state index in [-0.39, 0.29) is 16.8 Å². The Balaban J connectivity index is 1.43. The fraction of sp³-hybridized carbons (Fsp3) is 0.478. The van der Waals surface area contributed by atoms with Crippen molar-refractivity contribution in [1.82, 2.24) is 10.3 Å². The van der Waals surface area contributed by atoms with Crippen LogP contribution in [0.5, 0.6) is 5.88 Å². The van der Waals surface area contributed by atoms with E-state index in [2.05, 4.69) is 26.2 Å². The molecule has 1 aromatic carbocycles. The molecule has 160 valence electrons. The van der Waals surface area contributed by atoms with Crippen LogP contribution in [0.3, 0.4) is 0 Å². The first-order chi connectivity index (χ1) is 14.4. The van der Waals surface area contributed by atoms with Crippen molar-refractivity contribution in [2.24, 2.45) is 10.8 Å². The van der Waals surface area contributed by atoms with Crippen LogP contribution in [0.2, 0.25) is 5.02 Å². The molecule has 5 nitrogen and oxygen atoms in total. The molecule has 1 N–H and O–H groups in total. The molecule has 2 bridgehead atoms. The maximum Gasteiger partial charge on any atom is 0.311 e. The number of halogens is 2. The molecule has 1 aromatic heterocycles. The largest absolute Gasteiger partial charge is 0.481 e. The van der Waals surface area contributed by atoms with Gasteiger partial charge in [0.05, 0.1) is 30.4 Å². The number of hydrogen-bond donors (Lipinski definition) is 1. The van der Waals surface area contributed by atoms with Gasteiger partial charge < -0.3 is 14.8 Å². The molecule has 0 unspecified atom stereocenters. The molecule has 2 aromatic rings. The van der Waals surface area contributed by atoms with E-state index < -0.39 is 0 Å². The Morgan fingerprint density at radius 2 is 1.97 bits per heavy atom. The van der Waals surface area contributed by atoms with Crippen LogP contribution in [-0.4, -0.2) is 31.7 Å². The summed E-state index contributed by atoms with van der Waals surface area (Å²) in [5.74, 6) is 0.560. The predicted octanol–water partition coefficient (Wildman–Crippen LogP) is 5.39. The summed E-state index contributed by atoms with van der Waals surface area (Å²) in [5.41, 5.74) is 2.58. The minimum absolute atomic E-state index is 0.0328. The van der Waals surface area contributed by atoms with E-state index in [0.29, 0.717) is 17.4 Å². The number of ether oxygens (including phenoxy) is 2. The zero-order chi connectivity index (χ0) is 21.4. The highest BCUT2D eigenvalue weighted by molar-refractivity contribution is 9.10. The predicted molar refractivity (Wildman–Crippen MR) is 121 cm³/mol. The average Bonchev–Trinajstić information content (AvgIpc) is 3.33. The lowest BCUT2D eigenvalue weighted by atomic mass is 9.82. The van der Waals surface area contributed by atoms with Crippen molar-refractivity contribution >= 4 is 33.5 Å². The second kappa shape index (κ2) is 8.48. The Kier molecular flexibility index (Phi) is 6.11. The molecule has 2 fully saturated rings. The SMILES string of the molecule is COC(=O)C12CCC(CNCc3ccc(-c4cccc(Br)c4Cl)nc3OC)(CC1)C2. The van der Waals surface area contributed by atoms with E-state index in [0.717, 1.165) is 59.9 Å². The summed E-state index contributed by atoms with van der Waals surface area (Å²) in [4.78, 5) is 16.9. The summed E-state index contributed by atoms with van der Waals surface area (Å²) < 4.78 is 11.5. The van der Waals surface area contributed by atoms with Gasteiger partial charge in [0, 0.05) is 28.7 Å². The fourth-order valence-electron chi connectivity index (χ4n) is 5.16. The van der Waals surface area contributed by atoms with Crippen molar-refractivity contribution in [1.29, 1.82) is 0 Å². The summed E-state index contributed by atoms with van der Waals surface area (Å²) >= 11 is 9.89. The van der Waals surface area contributed by atoms with Crippen LogP contribution < -0.4 is 10.1 Å². The molecule has 0 aliphatic heterocycles. The first-order valence-electron chi connectivity index (χ1n) is 10.2. The van der Waals surface area contributed by atoms with Crippen molar-refractivity contribution in [3.8, 4) is 17.1 Å². The van der Waals surface area contributed by atoms with Crippen molar-refractivity contribution in [3.63, 3.8) is 0 Å². The van der Waals surface area contributed by atoms with Gasteiger partial charge in [-0.25, -0.2) is 4.98 Å². The fourth-order valence-corrected chi connectivity index (χ4v) is 5.75. The van der Waals surface area contributed by atoms with Gasteiger partial charge in [0.25, 0.3) is 0 Å². The summed E-state index contributed by atoms with van der Waals surface area (Å²) in [6, 6.07) is 9.79. The molecule has 0 amide bonds. The highest BCUT2D eigenvalue weighted by atomic mass is 79.9. The Labute approximate surface area is 190 Å². The first-order valence-corrected chi connectivity index (χ1v) is 11.4. The minimum Gasteiger partial charge on any atom is -0.481 e. The molecular weight excluding hydrogens is 468 g/mol. The quantitative estimate of drug-likeness (QED) is 0.524. The molecule has 2 aliphatic rings. The van der Waals surface area contributed by atoms with Gasteiger partial charge >= 0.3 is 5.97 Å². The topological polar surface area (TPSA) is 60.5 Å². The minimum atomic E-state index is -0.249. The third kappa shape index (κ3) is 3.85. The Morgan fingerprint density at radius 1 is 1.20 bits per heavy atom. The lowest BCUT2D eigenvalue weighted by Crippen LogP contribution is -2.30. The van der Waals surface area contributed by atoms with Gasteiger partial charge in [-0.05, 0) is 65.6 Å². The number of esters is 1. The smallest absolute Gasteiger partial charge is 0.311 e. The molecule has 0 saturated heterocycles. The zero-order valence-corrected chi connectivity index (χ0v) is 19.6. The summed E-state index contributed by atoms with van der Waals surface area (Å²) in [6.07, 6.45) is 4.95. The molecule has 0 radical (unpaired) electrons. The van der Waals surface area contributed by atoms with Gasteiger partial charge in [-0.3, -0.25) is 4.79 Å². The average molecular weight is 494 g/mol. The summed E-state index contributed by atoms with van der Waals surface area (Å²) in [5, 5.41) is 4.22. The van der Waals surface area contributed by atoms with E-state index in [4.69, 9.17) is 21.1 Å². The Hall–Kier alpha value is -1.63. The Bertz CT molecular complexity index is 957. The number of benzene rings is 1. The van der Waals surface area contributed by atoms with Crippen LogP contribution in [0.4, 0.5) is 0 Å². The Morgan fingerprint density at radius 3 is 2.67 bits per heavy atom. The molecule has 0 spiro atoms. The number of aromatic nitrogens is 1. The van der Waals surface area contributed by atoms with Gasteiger partial charge in [0.1, 0.15) is 0 Å². The molecular formula is C23H26BrClN2O3. The van der Waals surface area contributed by atoms with Crippen LogP contribution in [-0.2, 0) is 16.1 Å². The first kappa shape index (κ1) is 21.6. The van der Waals surface area contributed by atoms with Gasteiger partial charge in [0.2, 0.25) is 5.88 Å². The maximum atomic E-state index is 12.2. The number of carbonyl (C=O) groups excluding carboxylic acids is 1. The lowest BCUT2D eigenvalue weighted by molar-refractivity contribution is -0.152. The highest BCUT2D eigenvalue weighted by Gasteiger charge is 2.58. The van der Waals surface area contributed by atoms with Gasteiger partial charge in [-0.2, -0.15) is 0 Å². The molecule has 4 rings (SSSR count). The van der Waals surface area contributed by atoms with Crippen molar-refractivity contribution in [2.45, 2.75) is 38.6 Å². The standard InChI is InChI=1S/C23H26BrClN2O3/c1-29-20-15(6-7-18(27-20)16-4-3-5-17(24)19(16)25)12-26-14-22-8-10-23(13-22,11-9-22)21(28)30-2/h3-7,26H,8-14H2,1-2H3. The molecule has 7 heteroatoms. The highest BCUT2D eigenvalue weighted by Crippen LogP contribution is 2.61.